The lowest BCUT2D eigenvalue weighted by Crippen LogP contribution is -2.21. The van der Waals surface area contributed by atoms with E-state index in [4.69, 9.17) is 16.2 Å². The van der Waals surface area contributed by atoms with E-state index in [-0.39, 0.29) is 18.4 Å². The van der Waals surface area contributed by atoms with Crippen molar-refractivity contribution in [2.45, 2.75) is 13.3 Å². The summed E-state index contributed by atoms with van der Waals surface area (Å²) in [5, 5.41) is 15.6. The van der Waals surface area contributed by atoms with E-state index in [0.717, 1.165) is 17.9 Å². The van der Waals surface area contributed by atoms with E-state index in [1.165, 1.54) is 0 Å². The van der Waals surface area contributed by atoms with Gasteiger partial charge in [0, 0.05) is 18.3 Å². The normalized spacial score (nSPS) is 12.9. The topological polar surface area (TPSA) is 70.1 Å². The van der Waals surface area contributed by atoms with Crippen molar-refractivity contribution in [1.82, 2.24) is 0 Å². The fraction of sp³-hybridized carbons (Fsp3) is 0.857. The van der Waals surface area contributed by atoms with Crippen molar-refractivity contribution in [3.05, 3.63) is 0 Å². The molecule has 4 heteroatoms. The predicted molar refractivity (Wildman–Crippen MR) is 50.1 cm³/mol. The Labute approximate surface area is 71.9 Å². The minimum Gasteiger partial charge on any atom is -0.396 e. The fourth-order valence-corrected chi connectivity index (χ4v) is 1.55. The first-order valence-electron chi connectivity index (χ1n) is 3.71. The van der Waals surface area contributed by atoms with Crippen LogP contribution in [0.15, 0.2) is 0 Å². The van der Waals surface area contributed by atoms with E-state index >= 15 is 0 Å². The van der Waals surface area contributed by atoms with Crippen LogP contribution in [0.2, 0.25) is 0 Å². The fourth-order valence-electron chi connectivity index (χ4n) is 0.517. The summed E-state index contributed by atoms with van der Waals surface area (Å²) >= 11 is 1.73. The van der Waals surface area contributed by atoms with Gasteiger partial charge in [0.05, 0.1) is 5.84 Å². The Balaban J connectivity index is 3.17. The molecule has 1 unspecified atom stereocenters. The molecule has 0 saturated heterocycles. The number of nitrogens with one attached hydrogen (secondary N) is 1. The molecule has 11 heavy (non-hydrogen) atoms. The zero-order valence-electron chi connectivity index (χ0n) is 6.84. The average molecular weight is 176 g/mol. The molecule has 0 aliphatic rings. The van der Waals surface area contributed by atoms with Crippen LogP contribution in [0.4, 0.5) is 0 Å². The third kappa shape index (κ3) is 6.19. The maximum absolute atomic E-state index is 8.46. The van der Waals surface area contributed by atoms with Gasteiger partial charge < -0.3 is 10.8 Å². The Kier molecular flexibility index (Phi) is 6.36. The van der Waals surface area contributed by atoms with Gasteiger partial charge in [-0.3, -0.25) is 5.41 Å². The highest BCUT2D eigenvalue weighted by Crippen LogP contribution is 2.08. The van der Waals surface area contributed by atoms with Gasteiger partial charge in [0.1, 0.15) is 0 Å². The predicted octanol–water partition coefficient (Wildman–Crippen LogP) is 0.674. The van der Waals surface area contributed by atoms with Gasteiger partial charge in [-0.25, -0.2) is 0 Å². The number of aliphatic hydroxyl groups excluding tert-OH is 1. The van der Waals surface area contributed by atoms with Crippen molar-refractivity contribution < 1.29 is 5.11 Å². The molecule has 1 atom stereocenters. The largest absolute Gasteiger partial charge is 0.396 e. The zero-order valence-corrected chi connectivity index (χ0v) is 7.66. The first-order valence-corrected chi connectivity index (χ1v) is 4.86. The molecule has 0 aliphatic heterocycles. The van der Waals surface area contributed by atoms with Crippen LogP contribution in [-0.2, 0) is 0 Å². The van der Waals surface area contributed by atoms with E-state index < -0.39 is 0 Å². The molecule has 3 nitrogen and oxygen atoms in total. The highest BCUT2D eigenvalue weighted by Gasteiger charge is 2.03. The van der Waals surface area contributed by atoms with Crippen molar-refractivity contribution in [3.8, 4) is 0 Å². The Morgan fingerprint density at radius 1 is 1.73 bits per heavy atom. The van der Waals surface area contributed by atoms with Crippen LogP contribution in [0.3, 0.4) is 0 Å². The molecule has 0 rings (SSSR count). The van der Waals surface area contributed by atoms with Crippen molar-refractivity contribution in [1.29, 1.82) is 5.41 Å². The quantitative estimate of drug-likeness (QED) is 0.316. The van der Waals surface area contributed by atoms with Crippen LogP contribution in [0.5, 0.6) is 0 Å². The molecular weight excluding hydrogens is 160 g/mol. The molecule has 0 aromatic rings. The molecular formula is C7H16N2OS. The van der Waals surface area contributed by atoms with Crippen LogP contribution < -0.4 is 5.73 Å². The Bertz CT molecular complexity index is 119. The summed E-state index contributed by atoms with van der Waals surface area (Å²) < 4.78 is 0. The van der Waals surface area contributed by atoms with Gasteiger partial charge in [-0.15, -0.1) is 0 Å². The van der Waals surface area contributed by atoms with Gasteiger partial charge in [0.15, 0.2) is 0 Å². The van der Waals surface area contributed by atoms with Gasteiger partial charge in [-0.2, -0.15) is 11.8 Å². The first-order chi connectivity index (χ1) is 5.18. The van der Waals surface area contributed by atoms with E-state index in [9.17, 15) is 0 Å². The minimum absolute atomic E-state index is 0.165. The molecule has 0 aromatic heterocycles. The van der Waals surface area contributed by atoms with E-state index in [2.05, 4.69) is 0 Å². The third-order valence-corrected chi connectivity index (χ3v) is 2.66. The summed E-state index contributed by atoms with van der Waals surface area (Å²) in [6.07, 6.45) is 0.829. The first kappa shape index (κ1) is 10.8. The highest BCUT2D eigenvalue weighted by molar-refractivity contribution is 7.99. The maximum Gasteiger partial charge on any atom is 0.0942 e. The number of aliphatic hydroxyl groups is 1. The second-order valence-corrected chi connectivity index (χ2v) is 3.66. The van der Waals surface area contributed by atoms with Crippen LogP contribution in [-0.4, -0.2) is 29.1 Å². The number of amidine groups is 1. The maximum atomic E-state index is 8.46. The van der Waals surface area contributed by atoms with Crippen LogP contribution in [0.25, 0.3) is 0 Å². The summed E-state index contributed by atoms with van der Waals surface area (Å²) in [4.78, 5) is 0. The molecule has 66 valence electrons. The SMILES string of the molecule is CC(CSCCCO)C(=N)N. The van der Waals surface area contributed by atoms with Gasteiger partial charge >= 0.3 is 0 Å². The van der Waals surface area contributed by atoms with Gasteiger partial charge in [0.2, 0.25) is 0 Å². The third-order valence-electron chi connectivity index (χ3n) is 1.35. The number of hydrogen-bond donors (Lipinski definition) is 3. The monoisotopic (exact) mass is 176 g/mol. The van der Waals surface area contributed by atoms with Crippen LogP contribution in [0, 0.1) is 11.3 Å². The van der Waals surface area contributed by atoms with Crippen molar-refractivity contribution >= 4 is 17.6 Å². The van der Waals surface area contributed by atoms with Gasteiger partial charge in [0.25, 0.3) is 0 Å². The molecule has 0 heterocycles. The molecule has 0 radical (unpaired) electrons. The molecule has 0 spiro atoms. The van der Waals surface area contributed by atoms with Crippen molar-refractivity contribution in [2.75, 3.05) is 18.1 Å². The summed E-state index contributed by atoms with van der Waals surface area (Å²) in [6.45, 7) is 2.19. The summed E-state index contributed by atoms with van der Waals surface area (Å²) in [5.74, 6) is 2.25. The Morgan fingerprint density at radius 2 is 2.36 bits per heavy atom. The lowest BCUT2D eigenvalue weighted by atomic mass is 10.2. The van der Waals surface area contributed by atoms with E-state index in [1.54, 1.807) is 11.8 Å². The van der Waals surface area contributed by atoms with Gasteiger partial charge in [-0.1, -0.05) is 6.92 Å². The number of hydrogen-bond acceptors (Lipinski definition) is 3. The molecule has 0 aromatic carbocycles. The molecule has 0 fully saturated rings. The molecule has 4 N–H and O–H groups in total. The second kappa shape index (κ2) is 6.49. The Hall–Kier alpha value is -0.220. The number of nitrogens with two attached hydrogens (primary N) is 1. The second-order valence-electron chi connectivity index (χ2n) is 2.51. The highest BCUT2D eigenvalue weighted by atomic mass is 32.2. The number of rotatable bonds is 6. The van der Waals surface area contributed by atoms with Crippen LogP contribution in [0.1, 0.15) is 13.3 Å². The molecule has 0 aliphatic carbocycles. The average Bonchev–Trinajstić information content (AvgIpc) is 1.97. The smallest absolute Gasteiger partial charge is 0.0942 e. The summed E-state index contributed by atoms with van der Waals surface area (Å²) in [5.41, 5.74) is 5.27. The minimum atomic E-state index is 0.165. The van der Waals surface area contributed by atoms with Crippen molar-refractivity contribution in [2.24, 2.45) is 11.7 Å². The Morgan fingerprint density at radius 3 is 2.82 bits per heavy atom. The lowest BCUT2D eigenvalue weighted by molar-refractivity contribution is 0.296. The van der Waals surface area contributed by atoms with Crippen molar-refractivity contribution in [3.63, 3.8) is 0 Å². The molecule has 0 saturated carbocycles. The standard InChI is InChI=1S/C7H16N2OS/c1-6(7(8)9)5-11-4-2-3-10/h6,10H,2-5H2,1H3,(H3,8,9). The molecule has 0 amide bonds. The number of thioether (sulfide) groups is 1. The summed E-state index contributed by atoms with van der Waals surface area (Å²) in [7, 11) is 0. The molecule has 0 bridgehead atoms. The van der Waals surface area contributed by atoms with Crippen LogP contribution >= 0.6 is 11.8 Å². The van der Waals surface area contributed by atoms with E-state index in [0.29, 0.717) is 0 Å². The summed E-state index contributed by atoms with van der Waals surface area (Å²) in [6, 6.07) is 0. The zero-order chi connectivity index (χ0) is 8.69. The van der Waals surface area contributed by atoms with E-state index in [1.807, 2.05) is 6.92 Å². The lowest BCUT2D eigenvalue weighted by Gasteiger charge is -2.07. The van der Waals surface area contributed by atoms with Gasteiger partial charge in [-0.05, 0) is 12.2 Å².